The molecule has 0 aliphatic heterocycles. The number of hydrogen-bond donors (Lipinski definition) is 0. The van der Waals surface area contributed by atoms with E-state index in [1.165, 1.54) is 18.1 Å². The van der Waals surface area contributed by atoms with Crippen LogP contribution in [0.4, 0.5) is 0 Å². The first-order valence-corrected chi connectivity index (χ1v) is 5.02. The summed E-state index contributed by atoms with van der Waals surface area (Å²) < 4.78 is 5.55. The molecule has 1 heterocycles. The lowest BCUT2D eigenvalue weighted by Crippen LogP contribution is -1.90. The van der Waals surface area contributed by atoms with Gasteiger partial charge in [-0.1, -0.05) is 0 Å². The average Bonchev–Trinajstić information content (AvgIpc) is 2.46. The predicted octanol–water partition coefficient (Wildman–Crippen LogP) is 3.56. The van der Waals surface area contributed by atoms with Gasteiger partial charge >= 0.3 is 0 Å². The summed E-state index contributed by atoms with van der Waals surface area (Å²) in [6, 6.07) is 4.07. The first-order valence-electron chi connectivity index (χ1n) is 5.02. The monoisotopic (exact) mass is 202 g/mol. The van der Waals surface area contributed by atoms with Crippen LogP contribution in [-0.4, -0.2) is 5.78 Å². The van der Waals surface area contributed by atoms with Crippen molar-refractivity contribution in [3.8, 4) is 0 Å². The number of carbonyl (C=O) groups is 1. The molecule has 1 aromatic carbocycles. The lowest BCUT2D eigenvalue weighted by molar-refractivity contribution is 0.0988. The highest BCUT2D eigenvalue weighted by Gasteiger charge is 2.14. The molecule has 0 saturated carbocycles. The number of carbonyl (C=O) groups excluding carboxylic acids is 1. The highest BCUT2D eigenvalue weighted by molar-refractivity contribution is 5.99. The zero-order valence-corrected chi connectivity index (χ0v) is 9.47. The molecule has 0 atom stereocenters. The van der Waals surface area contributed by atoms with Gasteiger partial charge in [0.05, 0.1) is 0 Å². The Kier molecular flexibility index (Phi) is 2.14. The molecular weight excluding hydrogens is 188 g/mol. The summed E-state index contributed by atoms with van der Waals surface area (Å²) in [4.78, 5) is 11.3. The zero-order valence-electron chi connectivity index (χ0n) is 9.47. The van der Waals surface area contributed by atoms with E-state index in [0.717, 1.165) is 16.5 Å². The van der Waals surface area contributed by atoms with Crippen molar-refractivity contribution in [1.29, 1.82) is 0 Å². The number of ketones is 1. The largest absolute Gasteiger partial charge is 0.453 e. The van der Waals surface area contributed by atoms with Gasteiger partial charge in [-0.2, -0.15) is 0 Å². The third-order valence-electron chi connectivity index (χ3n) is 2.87. The van der Waals surface area contributed by atoms with E-state index in [1.807, 2.05) is 19.9 Å². The Hall–Kier alpha value is -1.57. The average molecular weight is 202 g/mol. The van der Waals surface area contributed by atoms with Crippen LogP contribution < -0.4 is 0 Å². The second-order valence-corrected chi connectivity index (χ2v) is 4.04. The van der Waals surface area contributed by atoms with Crippen molar-refractivity contribution < 1.29 is 9.21 Å². The first-order chi connectivity index (χ1) is 7.00. The van der Waals surface area contributed by atoms with Crippen LogP contribution in [-0.2, 0) is 0 Å². The van der Waals surface area contributed by atoms with E-state index in [-0.39, 0.29) is 5.78 Å². The summed E-state index contributed by atoms with van der Waals surface area (Å²) in [5.74, 6) is 0.467. The molecule has 15 heavy (non-hydrogen) atoms. The predicted molar refractivity (Wildman–Crippen MR) is 60.4 cm³/mol. The molecule has 0 unspecified atom stereocenters. The Balaban J connectivity index is 2.83. The second kappa shape index (κ2) is 3.23. The van der Waals surface area contributed by atoms with Crippen molar-refractivity contribution in [1.82, 2.24) is 0 Å². The molecule has 0 bridgehead atoms. The topological polar surface area (TPSA) is 30.2 Å². The Morgan fingerprint density at radius 2 is 1.73 bits per heavy atom. The number of Topliss-reactive ketones (excluding diaryl/α,β-unsaturated/α-hetero) is 1. The normalized spacial score (nSPS) is 10.9. The van der Waals surface area contributed by atoms with Crippen LogP contribution in [0.5, 0.6) is 0 Å². The maximum atomic E-state index is 11.3. The third-order valence-corrected chi connectivity index (χ3v) is 2.87. The van der Waals surface area contributed by atoms with Crippen LogP contribution in [0, 0.1) is 20.8 Å². The van der Waals surface area contributed by atoms with E-state index >= 15 is 0 Å². The van der Waals surface area contributed by atoms with Gasteiger partial charge in [0.25, 0.3) is 0 Å². The van der Waals surface area contributed by atoms with Gasteiger partial charge in [-0.15, -0.1) is 0 Å². The first kappa shape index (κ1) is 9.97. The van der Waals surface area contributed by atoms with Gasteiger partial charge in [0.2, 0.25) is 0 Å². The van der Waals surface area contributed by atoms with Crippen molar-refractivity contribution in [2.45, 2.75) is 27.7 Å². The van der Waals surface area contributed by atoms with Crippen molar-refractivity contribution in [2.24, 2.45) is 0 Å². The summed E-state index contributed by atoms with van der Waals surface area (Å²) >= 11 is 0. The van der Waals surface area contributed by atoms with E-state index < -0.39 is 0 Å². The maximum absolute atomic E-state index is 11.3. The molecule has 0 spiro atoms. The molecule has 2 nitrogen and oxygen atoms in total. The molecule has 78 valence electrons. The minimum Gasteiger partial charge on any atom is -0.453 e. The summed E-state index contributed by atoms with van der Waals surface area (Å²) in [6.45, 7) is 7.57. The van der Waals surface area contributed by atoms with E-state index in [2.05, 4.69) is 13.0 Å². The highest BCUT2D eigenvalue weighted by atomic mass is 16.3. The van der Waals surface area contributed by atoms with Gasteiger partial charge < -0.3 is 4.42 Å². The minimum atomic E-state index is -0.0148. The minimum absolute atomic E-state index is 0.0148. The van der Waals surface area contributed by atoms with Crippen molar-refractivity contribution in [2.75, 3.05) is 0 Å². The van der Waals surface area contributed by atoms with Crippen LogP contribution in [0.1, 0.15) is 34.2 Å². The Bertz CT molecular complexity index is 547. The van der Waals surface area contributed by atoms with Crippen LogP contribution in [0.3, 0.4) is 0 Å². The standard InChI is InChI=1S/C13H14O2/c1-7-5-11-9(3)13(10(4)14)15-12(11)6-8(7)2/h5-6H,1-4H3. The molecular formula is C13H14O2. The number of fused-ring (bicyclic) bond motifs is 1. The smallest absolute Gasteiger partial charge is 0.195 e. The molecule has 0 saturated heterocycles. The van der Waals surface area contributed by atoms with Gasteiger partial charge in [0.1, 0.15) is 5.58 Å². The maximum Gasteiger partial charge on any atom is 0.195 e. The summed E-state index contributed by atoms with van der Waals surface area (Å²) in [5, 5.41) is 1.04. The second-order valence-electron chi connectivity index (χ2n) is 4.04. The lowest BCUT2D eigenvalue weighted by atomic mass is 10.0. The van der Waals surface area contributed by atoms with E-state index in [9.17, 15) is 4.79 Å². The van der Waals surface area contributed by atoms with Crippen molar-refractivity contribution >= 4 is 16.8 Å². The Morgan fingerprint density at radius 1 is 1.13 bits per heavy atom. The zero-order chi connectivity index (χ0) is 11.2. The summed E-state index contributed by atoms with van der Waals surface area (Å²) in [5.41, 5.74) is 4.16. The number of furan rings is 1. The number of benzene rings is 1. The Morgan fingerprint density at radius 3 is 2.33 bits per heavy atom. The molecule has 2 aromatic rings. The van der Waals surface area contributed by atoms with E-state index in [1.54, 1.807) is 0 Å². The fourth-order valence-corrected chi connectivity index (χ4v) is 1.81. The van der Waals surface area contributed by atoms with Crippen LogP contribution in [0.15, 0.2) is 16.5 Å². The summed E-state index contributed by atoms with van der Waals surface area (Å²) in [6.07, 6.45) is 0. The molecule has 0 aliphatic carbocycles. The number of hydrogen-bond acceptors (Lipinski definition) is 2. The van der Waals surface area contributed by atoms with Crippen LogP contribution >= 0.6 is 0 Å². The molecule has 2 rings (SSSR count). The van der Waals surface area contributed by atoms with Gasteiger partial charge in [-0.05, 0) is 44.0 Å². The molecule has 2 heteroatoms. The van der Waals surface area contributed by atoms with Gasteiger partial charge in [0.15, 0.2) is 11.5 Å². The van der Waals surface area contributed by atoms with Crippen molar-refractivity contribution in [3.63, 3.8) is 0 Å². The van der Waals surface area contributed by atoms with Crippen LogP contribution in [0.25, 0.3) is 11.0 Å². The highest BCUT2D eigenvalue weighted by Crippen LogP contribution is 2.28. The van der Waals surface area contributed by atoms with E-state index in [0.29, 0.717) is 5.76 Å². The quantitative estimate of drug-likeness (QED) is 0.662. The Labute approximate surface area is 88.9 Å². The molecule has 0 aliphatic rings. The third kappa shape index (κ3) is 1.46. The number of rotatable bonds is 1. The van der Waals surface area contributed by atoms with Crippen molar-refractivity contribution in [3.05, 3.63) is 34.6 Å². The van der Waals surface area contributed by atoms with Gasteiger partial charge in [-0.3, -0.25) is 4.79 Å². The lowest BCUT2D eigenvalue weighted by Gasteiger charge is -1.98. The van der Waals surface area contributed by atoms with Crippen LogP contribution in [0.2, 0.25) is 0 Å². The SMILES string of the molecule is CC(=O)c1oc2cc(C)c(C)cc2c1C. The molecule has 0 N–H and O–H groups in total. The van der Waals surface area contributed by atoms with Gasteiger partial charge in [0, 0.05) is 17.9 Å². The molecule has 0 radical (unpaired) electrons. The number of aryl methyl sites for hydroxylation is 3. The summed E-state index contributed by atoms with van der Waals surface area (Å²) in [7, 11) is 0. The van der Waals surface area contributed by atoms with Gasteiger partial charge in [-0.25, -0.2) is 0 Å². The fraction of sp³-hybridized carbons (Fsp3) is 0.308. The molecule has 0 fully saturated rings. The van der Waals surface area contributed by atoms with E-state index in [4.69, 9.17) is 4.42 Å². The fourth-order valence-electron chi connectivity index (χ4n) is 1.81. The molecule has 1 aromatic heterocycles. The molecule has 0 amide bonds.